The monoisotopic (exact) mass is 285 g/mol. The molecule has 0 saturated heterocycles. The van der Waals surface area contributed by atoms with Gasteiger partial charge in [0.1, 0.15) is 0 Å². The van der Waals surface area contributed by atoms with Gasteiger partial charge in [-0.15, -0.1) is 0 Å². The number of primary amides is 1. The minimum Gasteiger partial charge on any atom is -0.368 e. The smallest absolute Gasteiger partial charge is 0.251 e. The summed E-state index contributed by atoms with van der Waals surface area (Å²) in [6, 6.07) is 5.36. The van der Waals surface area contributed by atoms with E-state index in [1.54, 1.807) is 6.92 Å². The quantitative estimate of drug-likeness (QED) is 0.634. The van der Waals surface area contributed by atoms with E-state index in [0.29, 0.717) is 0 Å². The summed E-state index contributed by atoms with van der Waals surface area (Å²) in [5.41, 5.74) is 5.14. The largest absolute Gasteiger partial charge is 0.368 e. The zero-order chi connectivity index (χ0) is 14.5. The van der Waals surface area contributed by atoms with E-state index >= 15 is 0 Å². The molecule has 4 N–H and O–H groups in total. The van der Waals surface area contributed by atoms with Crippen LogP contribution in [-0.2, 0) is 14.8 Å². The molecule has 1 aromatic rings. The van der Waals surface area contributed by atoms with E-state index in [1.165, 1.54) is 24.3 Å². The second kappa shape index (κ2) is 6.30. The van der Waals surface area contributed by atoms with Crippen LogP contribution in [0.15, 0.2) is 29.2 Å². The van der Waals surface area contributed by atoms with Crippen LogP contribution in [0.1, 0.15) is 17.3 Å². The third-order valence-electron chi connectivity index (χ3n) is 2.18. The molecule has 104 valence electrons. The lowest BCUT2D eigenvalue weighted by molar-refractivity contribution is -0.117. The van der Waals surface area contributed by atoms with Crippen molar-refractivity contribution in [3.8, 4) is 0 Å². The number of amides is 2. The molecule has 0 radical (unpaired) electrons. The summed E-state index contributed by atoms with van der Waals surface area (Å²) >= 11 is 0. The van der Waals surface area contributed by atoms with Crippen LogP contribution < -0.4 is 15.8 Å². The van der Waals surface area contributed by atoms with Crippen molar-refractivity contribution in [1.29, 1.82) is 0 Å². The van der Waals surface area contributed by atoms with E-state index in [9.17, 15) is 18.0 Å². The van der Waals surface area contributed by atoms with E-state index in [-0.39, 0.29) is 23.5 Å². The van der Waals surface area contributed by atoms with Gasteiger partial charge in [0.15, 0.2) is 0 Å². The summed E-state index contributed by atoms with van der Waals surface area (Å²) < 4.78 is 25.6. The average Bonchev–Trinajstić information content (AvgIpc) is 2.36. The number of carbonyl (C=O) groups is 2. The fourth-order valence-electron chi connectivity index (χ4n) is 1.33. The molecule has 1 aromatic carbocycles. The van der Waals surface area contributed by atoms with Crippen molar-refractivity contribution in [2.45, 2.75) is 11.8 Å². The fraction of sp³-hybridized carbons (Fsp3) is 0.273. The Bertz CT molecular complexity index is 566. The Kier molecular flexibility index (Phi) is 5.02. The summed E-state index contributed by atoms with van der Waals surface area (Å²) in [6.07, 6.45) is 0. The molecule has 0 fully saturated rings. The summed E-state index contributed by atoms with van der Waals surface area (Å²) in [5, 5.41) is 2.30. The van der Waals surface area contributed by atoms with Crippen molar-refractivity contribution >= 4 is 21.8 Å². The van der Waals surface area contributed by atoms with Crippen LogP contribution in [0.3, 0.4) is 0 Å². The lowest BCUT2D eigenvalue weighted by Crippen LogP contribution is -2.33. The van der Waals surface area contributed by atoms with E-state index in [2.05, 4.69) is 10.0 Å². The summed E-state index contributed by atoms with van der Waals surface area (Å²) in [5.74, 6) is -1.15. The molecule has 19 heavy (non-hydrogen) atoms. The number of rotatable bonds is 6. The zero-order valence-corrected chi connectivity index (χ0v) is 11.2. The predicted molar refractivity (Wildman–Crippen MR) is 68.8 cm³/mol. The molecule has 0 aromatic heterocycles. The minimum absolute atomic E-state index is 0.0702. The summed E-state index contributed by atoms with van der Waals surface area (Å²) in [7, 11) is -3.53. The number of hydrogen-bond donors (Lipinski definition) is 3. The van der Waals surface area contributed by atoms with Crippen molar-refractivity contribution < 1.29 is 18.0 Å². The number of benzene rings is 1. The van der Waals surface area contributed by atoms with Gasteiger partial charge in [-0.2, -0.15) is 0 Å². The zero-order valence-electron chi connectivity index (χ0n) is 10.3. The van der Waals surface area contributed by atoms with Crippen LogP contribution in [0.2, 0.25) is 0 Å². The molecule has 0 saturated carbocycles. The van der Waals surface area contributed by atoms with Gasteiger partial charge < -0.3 is 11.1 Å². The SMILES string of the molecule is CCNS(=O)(=O)c1ccc(C(=O)NCC(N)=O)cc1. The van der Waals surface area contributed by atoms with E-state index in [0.717, 1.165) is 0 Å². The van der Waals surface area contributed by atoms with Gasteiger partial charge in [0.2, 0.25) is 15.9 Å². The van der Waals surface area contributed by atoms with Crippen LogP contribution in [0.5, 0.6) is 0 Å². The third kappa shape index (κ3) is 4.34. The van der Waals surface area contributed by atoms with E-state index in [1.807, 2.05) is 0 Å². The van der Waals surface area contributed by atoms with Crippen LogP contribution >= 0.6 is 0 Å². The lowest BCUT2D eigenvalue weighted by atomic mass is 10.2. The molecule has 0 heterocycles. The molecular weight excluding hydrogens is 270 g/mol. The van der Waals surface area contributed by atoms with E-state index < -0.39 is 21.8 Å². The first kappa shape index (κ1) is 15.1. The normalized spacial score (nSPS) is 11.0. The van der Waals surface area contributed by atoms with Crippen LogP contribution in [0.4, 0.5) is 0 Å². The van der Waals surface area contributed by atoms with Gasteiger partial charge in [-0.25, -0.2) is 13.1 Å². The molecular formula is C11H15N3O4S. The number of nitrogens with one attached hydrogen (secondary N) is 2. The Balaban J connectivity index is 2.82. The first-order valence-electron chi connectivity index (χ1n) is 5.53. The number of nitrogens with two attached hydrogens (primary N) is 1. The van der Waals surface area contributed by atoms with Crippen LogP contribution in [0, 0.1) is 0 Å². The minimum atomic E-state index is -3.53. The Morgan fingerprint density at radius 2 is 1.79 bits per heavy atom. The maximum Gasteiger partial charge on any atom is 0.251 e. The van der Waals surface area contributed by atoms with Crippen molar-refractivity contribution in [2.75, 3.05) is 13.1 Å². The maximum atomic E-state index is 11.7. The Morgan fingerprint density at radius 1 is 1.21 bits per heavy atom. The second-order valence-electron chi connectivity index (χ2n) is 3.67. The molecule has 0 spiro atoms. The summed E-state index contributed by atoms with van der Waals surface area (Å²) in [4.78, 5) is 22.1. The molecule has 0 unspecified atom stereocenters. The molecule has 0 aliphatic heterocycles. The van der Waals surface area contributed by atoms with Crippen molar-refractivity contribution in [3.63, 3.8) is 0 Å². The number of carbonyl (C=O) groups excluding carboxylic acids is 2. The average molecular weight is 285 g/mol. The number of hydrogen-bond acceptors (Lipinski definition) is 4. The summed E-state index contributed by atoms with van der Waals surface area (Å²) in [6.45, 7) is 1.68. The van der Waals surface area contributed by atoms with Crippen LogP contribution in [0.25, 0.3) is 0 Å². The molecule has 0 aliphatic rings. The first-order valence-corrected chi connectivity index (χ1v) is 7.01. The maximum absolute atomic E-state index is 11.7. The van der Waals surface area contributed by atoms with Crippen molar-refractivity contribution in [3.05, 3.63) is 29.8 Å². The topological polar surface area (TPSA) is 118 Å². The van der Waals surface area contributed by atoms with Gasteiger partial charge >= 0.3 is 0 Å². The Morgan fingerprint density at radius 3 is 2.26 bits per heavy atom. The van der Waals surface area contributed by atoms with Gasteiger partial charge in [-0.05, 0) is 24.3 Å². The molecule has 7 nitrogen and oxygen atoms in total. The van der Waals surface area contributed by atoms with Crippen molar-refractivity contribution in [1.82, 2.24) is 10.0 Å². The Labute approximate surface area is 111 Å². The van der Waals surface area contributed by atoms with Gasteiger partial charge in [0.25, 0.3) is 5.91 Å². The highest BCUT2D eigenvalue weighted by Gasteiger charge is 2.13. The molecule has 2 amide bonds. The lowest BCUT2D eigenvalue weighted by Gasteiger charge is -2.06. The first-order chi connectivity index (χ1) is 8.86. The highest BCUT2D eigenvalue weighted by atomic mass is 32.2. The van der Waals surface area contributed by atoms with Crippen molar-refractivity contribution in [2.24, 2.45) is 5.73 Å². The Hall–Kier alpha value is -1.93. The number of sulfonamides is 1. The van der Waals surface area contributed by atoms with Crippen LogP contribution in [-0.4, -0.2) is 33.3 Å². The van der Waals surface area contributed by atoms with Gasteiger partial charge in [0, 0.05) is 12.1 Å². The highest BCUT2D eigenvalue weighted by Crippen LogP contribution is 2.10. The fourth-order valence-corrected chi connectivity index (χ4v) is 2.37. The molecule has 1 rings (SSSR count). The van der Waals surface area contributed by atoms with E-state index in [4.69, 9.17) is 5.73 Å². The standard InChI is InChI=1S/C11H15N3O4S/c1-2-14-19(17,18)9-5-3-8(4-6-9)11(16)13-7-10(12)15/h3-6,14H,2,7H2,1H3,(H2,12,15)(H,13,16). The molecule has 0 bridgehead atoms. The highest BCUT2D eigenvalue weighted by molar-refractivity contribution is 7.89. The van der Waals surface area contributed by atoms with Gasteiger partial charge in [-0.3, -0.25) is 9.59 Å². The second-order valence-corrected chi connectivity index (χ2v) is 5.44. The van der Waals surface area contributed by atoms with Gasteiger partial charge in [0.05, 0.1) is 11.4 Å². The third-order valence-corrected chi connectivity index (χ3v) is 3.75. The molecule has 8 heteroatoms. The van der Waals surface area contributed by atoms with Gasteiger partial charge in [-0.1, -0.05) is 6.92 Å². The molecule has 0 atom stereocenters. The predicted octanol–water partition coefficient (Wildman–Crippen LogP) is -0.800. The molecule has 0 aliphatic carbocycles.